The van der Waals surface area contributed by atoms with E-state index in [1.165, 1.54) is 29.2 Å². The summed E-state index contributed by atoms with van der Waals surface area (Å²) >= 11 is 12.7. The van der Waals surface area contributed by atoms with Crippen LogP contribution in [-0.2, 0) is 26.2 Å². The van der Waals surface area contributed by atoms with E-state index in [2.05, 4.69) is 5.32 Å². The molecule has 0 radical (unpaired) electrons. The number of nitrogens with zero attached hydrogens (tertiary/aromatic N) is 2. The van der Waals surface area contributed by atoms with Gasteiger partial charge in [0.05, 0.1) is 15.6 Å². The monoisotopic (exact) mass is 603 g/mol. The third-order valence-electron chi connectivity index (χ3n) is 6.66. The molecule has 0 bridgehead atoms. The standard InChI is InChI=1S/C30H35Cl2N3O4S/c1-5-6-17-33-30(37)23(4)34(19-24-10-8-7-9-22(24)3)29(36)20-35(28-18-25(31)13-16-27(28)32)40(38,39)26-14-11-21(2)12-15-26/h7-16,18,23H,5-6,17,19-20H2,1-4H3,(H,33,37)/t23-/m0/s1. The van der Waals surface area contributed by atoms with Crippen molar-refractivity contribution >= 4 is 50.7 Å². The van der Waals surface area contributed by atoms with Crippen molar-refractivity contribution in [1.29, 1.82) is 0 Å². The van der Waals surface area contributed by atoms with Gasteiger partial charge in [-0.25, -0.2) is 8.42 Å². The van der Waals surface area contributed by atoms with Gasteiger partial charge in [-0.2, -0.15) is 0 Å². The van der Waals surface area contributed by atoms with Crippen LogP contribution < -0.4 is 9.62 Å². The highest BCUT2D eigenvalue weighted by atomic mass is 35.5. The highest BCUT2D eigenvalue weighted by Crippen LogP contribution is 2.33. The molecule has 0 saturated carbocycles. The van der Waals surface area contributed by atoms with E-state index in [4.69, 9.17) is 23.2 Å². The minimum absolute atomic E-state index is 0.00208. The number of hydrogen-bond donors (Lipinski definition) is 1. The Morgan fingerprint density at radius 2 is 1.65 bits per heavy atom. The normalized spacial score (nSPS) is 12.1. The van der Waals surface area contributed by atoms with Gasteiger partial charge >= 0.3 is 0 Å². The number of sulfonamides is 1. The fraction of sp³-hybridized carbons (Fsp3) is 0.333. The quantitative estimate of drug-likeness (QED) is 0.252. The number of anilines is 1. The molecule has 7 nitrogen and oxygen atoms in total. The highest BCUT2D eigenvalue weighted by Gasteiger charge is 2.33. The van der Waals surface area contributed by atoms with Crippen LogP contribution in [0, 0.1) is 13.8 Å². The zero-order valence-electron chi connectivity index (χ0n) is 23.2. The fourth-order valence-electron chi connectivity index (χ4n) is 4.12. The van der Waals surface area contributed by atoms with Crippen LogP contribution in [0.15, 0.2) is 71.6 Å². The van der Waals surface area contributed by atoms with Crippen molar-refractivity contribution in [3.63, 3.8) is 0 Å². The number of nitrogens with one attached hydrogen (secondary N) is 1. The van der Waals surface area contributed by atoms with Gasteiger partial charge in [0.1, 0.15) is 12.6 Å². The van der Waals surface area contributed by atoms with Crippen LogP contribution in [0.2, 0.25) is 10.0 Å². The maximum absolute atomic E-state index is 14.0. The highest BCUT2D eigenvalue weighted by molar-refractivity contribution is 7.92. The maximum atomic E-state index is 14.0. The van der Waals surface area contributed by atoms with Crippen molar-refractivity contribution in [3.8, 4) is 0 Å². The second-order valence-electron chi connectivity index (χ2n) is 9.69. The van der Waals surface area contributed by atoms with E-state index in [-0.39, 0.29) is 33.1 Å². The number of amides is 2. The summed E-state index contributed by atoms with van der Waals surface area (Å²) in [4.78, 5) is 28.5. The molecule has 214 valence electrons. The minimum atomic E-state index is -4.24. The Hall–Kier alpha value is -3.07. The van der Waals surface area contributed by atoms with E-state index < -0.39 is 28.5 Å². The molecule has 3 aromatic carbocycles. The molecule has 0 saturated heterocycles. The van der Waals surface area contributed by atoms with Crippen molar-refractivity contribution in [2.45, 2.75) is 58.0 Å². The predicted octanol–water partition coefficient (Wildman–Crippen LogP) is 6.14. The summed E-state index contributed by atoms with van der Waals surface area (Å²) in [5.41, 5.74) is 2.74. The molecule has 0 unspecified atom stereocenters. The second-order valence-corrected chi connectivity index (χ2v) is 12.4. The lowest BCUT2D eigenvalue weighted by atomic mass is 10.1. The topological polar surface area (TPSA) is 86.8 Å². The Morgan fingerprint density at radius 3 is 2.30 bits per heavy atom. The number of halogens is 2. The fourth-order valence-corrected chi connectivity index (χ4v) is 5.98. The molecule has 40 heavy (non-hydrogen) atoms. The van der Waals surface area contributed by atoms with Gasteiger partial charge < -0.3 is 10.2 Å². The molecule has 0 heterocycles. The minimum Gasteiger partial charge on any atom is -0.354 e. The van der Waals surface area contributed by atoms with E-state index in [1.807, 2.05) is 45.0 Å². The van der Waals surface area contributed by atoms with E-state index >= 15 is 0 Å². The number of rotatable bonds is 12. The summed E-state index contributed by atoms with van der Waals surface area (Å²) in [7, 11) is -4.24. The van der Waals surface area contributed by atoms with Gasteiger partial charge in [-0.15, -0.1) is 0 Å². The molecule has 0 aliphatic rings. The molecule has 0 aliphatic heterocycles. The maximum Gasteiger partial charge on any atom is 0.264 e. The Morgan fingerprint density at radius 1 is 0.975 bits per heavy atom. The molecule has 0 aromatic heterocycles. The number of benzene rings is 3. The van der Waals surface area contributed by atoms with Crippen molar-refractivity contribution in [3.05, 3.63) is 93.5 Å². The first-order valence-corrected chi connectivity index (χ1v) is 15.3. The van der Waals surface area contributed by atoms with E-state index in [0.717, 1.165) is 33.8 Å². The molecule has 1 N–H and O–H groups in total. The van der Waals surface area contributed by atoms with Gasteiger partial charge in [0.15, 0.2) is 0 Å². The number of carbonyl (C=O) groups is 2. The summed E-state index contributed by atoms with van der Waals surface area (Å²) in [6, 6.07) is 17.5. The van der Waals surface area contributed by atoms with Gasteiger partial charge in [-0.3, -0.25) is 13.9 Å². The zero-order valence-corrected chi connectivity index (χ0v) is 25.5. The Bertz CT molecular complexity index is 1450. The third kappa shape index (κ3) is 7.77. The molecule has 0 aliphatic carbocycles. The van der Waals surface area contributed by atoms with E-state index in [0.29, 0.717) is 6.54 Å². The molecular weight excluding hydrogens is 569 g/mol. The molecular formula is C30H35Cl2N3O4S. The number of aryl methyl sites for hydroxylation is 2. The van der Waals surface area contributed by atoms with Crippen molar-refractivity contribution in [1.82, 2.24) is 10.2 Å². The first-order valence-electron chi connectivity index (χ1n) is 13.1. The van der Waals surface area contributed by atoms with Gasteiger partial charge in [0.2, 0.25) is 11.8 Å². The lowest BCUT2D eigenvalue weighted by Gasteiger charge is -2.32. The first-order chi connectivity index (χ1) is 18.9. The molecule has 2 amide bonds. The van der Waals surface area contributed by atoms with Gasteiger partial charge in [0.25, 0.3) is 10.0 Å². The average molecular weight is 605 g/mol. The Balaban J connectivity index is 2.05. The SMILES string of the molecule is CCCCNC(=O)[C@H](C)N(Cc1ccccc1C)C(=O)CN(c1cc(Cl)ccc1Cl)S(=O)(=O)c1ccc(C)cc1. The van der Waals surface area contributed by atoms with Crippen LogP contribution in [0.1, 0.15) is 43.4 Å². The van der Waals surface area contributed by atoms with Crippen LogP contribution in [0.5, 0.6) is 0 Å². The van der Waals surface area contributed by atoms with Crippen LogP contribution in [0.25, 0.3) is 0 Å². The van der Waals surface area contributed by atoms with E-state index in [9.17, 15) is 18.0 Å². The van der Waals surface area contributed by atoms with Crippen LogP contribution in [0.4, 0.5) is 5.69 Å². The molecule has 3 aromatic rings. The van der Waals surface area contributed by atoms with Gasteiger partial charge in [0, 0.05) is 18.1 Å². The molecule has 0 fully saturated rings. The first kappa shape index (κ1) is 31.5. The summed E-state index contributed by atoms with van der Waals surface area (Å²) in [5.74, 6) is -0.878. The largest absolute Gasteiger partial charge is 0.354 e. The lowest BCUT2D eigenvalue weighted by Crippen LogP contribution is -2.51. The summed E-state index contributed by atoms with van der Waals surface area (Å²) in [5, 5.41) is 3.25. The number of hydrogen-bond acceptors (Lipinski definition) is 4. The molecule has 1 atom stereocenters. The van der Waals surface area contributed by atoms with Crippen LogP contribution in [0.3, 0.4) is 0 Å². The smallest absolute Gasteiger partial charge is 0.264 e. The Labute approximate surface area is 247 Å². The van der Waals surface area contributed by atoms with Gasteiger partial charge in [-0.1, -0.05) is 78.5 Å². The summed E-state index contributed by atoms with van der Waals surface area (Å²) in [6.45, 7) is 7.45. The second kappa shape index (κ2) is 14.0. The summed E-state index contributed by atoms with van der Waals surface area (Å²) in [6.07, 6.45) is 1.72. The third-order valence-corrected chi connectivity index (χ3v) is 8.99. The summed E-state index contributed by atoms with van der Waals surface area (Å²) < 4.78 is 28.8. The average Bonchev–Trinajstić information content (AvgIpc) is 2.92. The Kier molecular flexibility index (Phi) is 11.0. The van der Waals surface area contributed by atoms with Crippen molar-refractivity contribution in [2.75, 3.05) is 17.4 Å². The molecule has 0 spiro atoms. The number of carbonyl (C=O) groups excluding carboxylic acids is 2. The van der Waals surface area contributed by atoms with Crippen LogP contribution in [-0.4, -0.2) is 44.3 Å². The van der Waals surface area contributed by atoms with Crippen molar-refractivity contribution in [2.24, 2.45) is 0 Å². The van der Waals surface area contributed by atoms with E-state index in [1.54, 1.807) is 25.1 Å². The van der Waals surface area contributed by atoms with Crippen molar-refractivity contribution < 1.29 is 18.0 Å². The zero-order chi connectivity index (χ0) is 29.4. The lowest BCUT2D eigenvalue weighted by molar-refractivity contribution is -0.139. The molecule has 3 rings (SSSR count). The molecule has 10 heteroatoms. The van der Waals surface area contributed by atoms with Gasteiger partial charge in [-0.05, 0) is 68.7 Å². The van der Waals surface area contributed by atoms with Crippen LogP contribution >= 0.6 is 23.2 Å². The predicted molar refractivity (Wildman–Crippen MR) is 161 cm³/mol. The number of unbranched alkanes of at least 4 members (excludes halogenated alkanes) is 1.